The molecule has 7 nitrogen and oxygen atoms in total. The maximum absolute atomic E-state index is 13.1. The number of nitrogens with zero attached hydrogens (tertiary/aromatic N) is 3. The third kappa shape index (κ3) is 3.63. The number of rotatable bonds is 4. The summed E-state index contributed by atoms with van der Waals surface area (Å²) in [6, 6.07) is 5.65. The number of urea groups is 1. The minimum absolute atomic E-state index is 0.211. The molecule has 2 amide bonds. The fourth-order valence-electron chi connectivity index (χ4n) is 2.90. The first-order chi connectivity index (χ1) is 12.2. The highest BCUT2D eigenvalue weighted by Gasteiger charge is 2.31. The van der Waals surface area contributed by atoms with Crippen LogP contribution in [-0.4, -0.2) is 40.8 Å². The summed E-state index contributed by atoms with van der Waals surface area (Å²) in [4.78, 5) is 18.6. The van der Waals surface area contributed by atoms with E-state index in [-0.39, 0.29) is 24.4 Å². The summed E-state index contributed by atoms with van der Waals surface area (Å²) in [6.45, 7) is 1.53. The highest BCUT2D eigenvalue weighted by atomic mass is 19.1. The predicted molar refractivity (Wildman–Crippen MR) is 85.2 cm³/mol. The highest BCUT2D eigenvalue weighted by molar-refractivity contribution is 5.74. The van der Waals surface area contributed by atoms with Gasteiger partial charge in [-0.25, -0.2) is 9.18 Å². The summed E-state index contributed by atoms with van der Waals surface area (Å²) >= 11 is 0. The van der Waals surface area contributed by atoms with Gasteiger partial charge in [0.05, 0.1) is 25.8 Å². The van der Waals surface area contributed by atoms with E-state index in [0.717, 1.165) is 18.4 Å². The van der Waals surface area contributed by atoms with Gasteiger partial charge in [0.25, 0.3) is 0 Å². The Morgan fingerprint density at radius 3 is 2.88 bits per heavy atom. The van der Waals surface area contributed by atoms with Crippen LogP contribution in [0.4, 0.5) is 9.18 Å². The number of benzene rings is 1. The maximum atomic E-state index is 13.1. The van der Waals surface area contributed by atoms with Crippen molar-refractivity contribution in [1.29, 1.82) is 0 Å². The molecule has 0 radical (unpaired) electrons. The molecule has 2 fully saturated rings. The van der Waals surface area contributed by atoms with Gasteiger partial charge in [-0.3, -0.25) is 0 Å². The summed E-state index contributed by atoms with van der Waals surface area (Å²) in [7, 11) is 0. The molecular formula is C17H19FN4O3. The van der Waals surface area contributed by atoms with Crippen molar-refractivity contribution in [2.75, 3.05) is 19.8 Å². The quantitative estimate of drug-likeness (QED) is 0.919. The van der Waals surface area contributed by atoms with E-state index in [9.17, 15) is 9.18 Å². The minimum Gasteiger partial charge on any atom is -0.377 e. The number of morpholine rings is 1. The lowest BCUT2D eigenvalue weighted by atomic mass is 10.1. The van der Waals surface area contributed by atoms with Gasteiger partial charge in [-0.15, -0.1) is 0 Å². The first kappa shape index (κ1) is 16.0. The van der Waals surface area contributed by atoms with E-state index < -0.39 is 0 Å². The van der Waals surface area contributed by atoms with Crippen LogP contribution in [0.5, 0.6) is 0 Å². The van der Waals surface area contributed by atoms with E-state index in [4.69, 9.17) is 9.26 Å². The van der Waals surface area contributed by atoms with Gasteiger partial charge in [0, 0.05) is 12.5 Å². The van der Waals surface area contributed by atoms with Crippen molar-refractivity contribution in [3.05, 3.63) is 47.4 Å². The molecule has 1 aromatic carbocycles. The Bertz CT molecular complexity index is 745. The summed E-state index contributed by atoms with van der Waals surface area (Å²) in [6.07, 6.45) is 2.17. The van der Waals surface area contributed by atoms with Crippen LogP contribution in [-0.2, 0) is 11.3 Å². The van der Waals surface area contributed by atoms with E-state index in [1.807, 2.05) is 0 Å². The first-order valence-electron chi connectivity index (χ1n) is 8.41. The van der Waals surface area contributed by atoms with Gasteiger partial charge in [0.2, 0.25) is 5.89 Å². The molecule has 0 bridgehead atoms. The molecule has 1 saturated heterocycles. The van der Waals surface area contributed by atoms with Crippen molar-refractivity contribution in [3.63, 3.8) is 0 Å². The zero-order valence-corrected chi connectivity index (χ0v) is 13.7. The second-order valence-corrected chi connectivity index (χ2v) is 6.32. The monoisotopic (exact) mass is 346 g/mol. The summed E-state index contributed by atoms with van der Waals surface area (Å²) in [5.74, 6) is 1.21. The van der Waals surface area contributed by atoms with Crippen LogP contribution in [0.2, 0.25) is 0 Å². The van der Waals surface area contributed by atoms with Crippen molar-refractivity contribution in [2.45, 2.75) is 31.3 Å². The number of hydrogen-bond donors (Lipinski definition) is 1. The van der Waals surface area contributed by atoms with Gasteiger partial charge in [0.1, 0.15) is 5.82 Å². The fourth-order valence-corrected chi connectivity index (χ4v) is 2.90. The van der Waals surface area contributed by atoms with Crippen LogP contribution in [0, 0.1) is 5.82 Å². The van der Waals surface area contributed by atoms with Gasteiger partial charge in [0.15, 0.2) is 5.82 Å². The molecule has 1 atom stereocenters. The van der Waals surface area contributed by atoms with E-state index >= 15 is 0 Å². The van der Waals surface area contributed by atoms with E-state index in [2.05, 4.69) is 15.5 Å². The number of carbonyl (C=O) groups excluding carboxylic acids is 1. The number of halogens is 1. The van der Waals surface area contributed by atoms with E-state index in [1.54, 1.807) is 17.0 Å². The lowest BCUT2D eigenvalue weighted by Crippen LogP contribution is -2.48. The molecule has 8 heteroatoms. The Kier molecular flexibility index (Phi) is 4.35. The zero-order valence-electron chi connectivity index (χ0n) is 13.7. The van der Waals surface area contributed by atoms with Crippen molar-refractivity contribution >= 4 is 6.03 Å². The Morgan fingerprint density at radius 2 is 2.12 bits per heavy atom. The summed E-state index contributed by atoms with van der Waals surface area (Å²) < 4.78 is 23.8. The number of amides is 2. The zero-order chi connectivity index (χ0) is 17.2. The number of aromatic nitrogens is 2. The van der Waals surface area contributed by atoms with Gasteiger partial charge < -0.3 is 19.5 Å². The van der Waals surface area contributed by atoms with Crippen LogP contribution in [0.3, 0.4) is 0 Å². The number of carbonyl (C=O) groups is 1. The molecule has 0 spiro atoms. The van der Waals surface area contributed by atoms with Gasteiger partial charge in [-0.05, 0) is 30.5 Å². The van der Waals surface area contributed by atoms with Crippen LogP contribution in [0.25, 0.3) is 0 Å². The fraction of sp³-hybridized carbons (Fsp3) is 0.471. The minimum atomic E-state index is -0.306. The van der Waals surface area contributed by atoms with Crippen LogP contribution in [0.1, 0.15) is 42.1 Å². The molecule has 1 saturated carbocycles. The van der Waals surface area contributed by atoms with Gasteiger partial charge in [-0.2, -0.15) is 4.98 Å². The molecule has 1 aliphatic carbocycles. The van der Waals surface area contributed by atoms with Crippen LogP contribution in [0.15, 0.2) is 28.8 Å². The first-order valence-corrected chi connectivity index (χ1v) is 8.41. The third-order valence-electron chi connectivity index (χ3n) is 4.45. The Morgan fingerprint density at radius 1 is 1.32 bits per heavy atom. The number of ether oxygens (including phenoxy) is 1. The molecule has 2 aromatic rings. The topological polar surface area (TPSA) is 80.5 Å². The van der Waals surface area contributed by atoms with Crippen LogP contribution < -0.4 is 5.32 Å². The third-order valence-corrected chi connectivity index (χ3v) is 4.45. The number of nitrogens with one attached hydrogen (secondary N) is 1. The van der Waals surface area contributed by atoms with Crippen molar-refractivity contribution < 1.29 is 18.4 Å². The normalized spacial score (nSPS) is 20.5. The molecule has 2 heterocycles. The standard InChI is InChI=1S/C17H19FN4O3/c18-13-5-3-11(4-6-13)14-10-24-8-7-22(14)17(23)19-9-15-20-16(25-21-15)12-1-2-12/h3-6,12,14H,1-2,7-10H2,(H,19,23). The summed E-state index contributed by atoms with van der Waals surface area (Å²) in [5.41, 5.74) is 0.840. The molecule has 1 unspecified atom stereocenters. The second kappa shape index (κ2) is 6.79. The molecule has 1 aliphatic heterocycles. The van der Waals surface area contributed by atoms with Crippen LogP contribution >= 0.6 is 0 Å². The molecule has 2 aliphatic rings. The highest BCUT2D eigenvalue weighted by Crippen LogP contribution is 2.38. The van der Waals surface area contributed by atoms with Crippen molar-refractivity contribution in [2.24, 2.45) is 0 Å². The average Bonchev–Trinajstić information content (AvgIpc) is 3.39. The van der Waals surface area contributed by atoms with E-state index in [1.165, 1.54) is 12.1 Å². The number of hydrogen-bond acceptors (Lipinski definition) is 5. The molecule has 1 aromatic heterocycles. The Hall–Kier alpha value is -2.48. The molecule has 1 N–H and O–H groups in total. The van der Waals surface area contributed by atoms with Crippen molar-refractivity contribution in [3.8, 4) is 0 Å². The Balaban J connectivity index is 1.40. The molecule has 25 heavy (non-hydrogen) atoms. The largest absolute Gasteiger partial charge is 0.377 e. The SMILES string of the molecule is O=C(NCc1noc(C2CC2)n1)N1CCOCC1c1ccc(F)cc1. The molecular weight excluding hydrogens is 327 g/mol. The second-order valence-electron chi connectivity index (χ2n) is 6.32. The molecule has 132 valence electrons. The van der Waals surface area contributed by atoms with Gasteiger partial charge >= 0.3 is 6.03 Å². The molecule has 4 rings (SSSR count). The lowest BCUT2D eigenvalue weighted by Gasteiger charge is -2.35. The lowest BCUT2D eigenvalue weighted by molar-refractivity contribution is 0.0115. The maximum Gasteiger partial charge on any atom is 0.318 e. The predicted octanol–water partition coefficient (Wildman–Crippen LogP) is 2.37. The van der Waals surface area contributed by atoms with Crippen molar-refractivity contribution in [1.82, 2.24) is 20.4 Å². The Labute approximate surface area is 144 Å². The smallest absolute Gasteiger partial charge is 0.318 e. The van der Waals surface area contributed by atoms with Gasteiger partial charge in [-0.1, -0.05) is 17.3 Å². The average molecular weight is 346 g/mol. The van der Waals surface area contributed by atoms with E-state index in [0.29, 0.717) is 37.4 Å². The summed E-state index contributed by atoms with van der Waals surface area (Å²) in [5, 5.41) is 6.72.